The van der Waals surface area contributed by atoms with E-state index in [9.17, 15) is 0 Å². The number of guanidine groups is 1. The third kappa shape index (κ3) is 4.66. The first-order valence-corrected chi connectivity index (χ1v) is 9.55. The first-order valence-electron chi connectivity index (χ1n) is 9.55. The van der Waals surface area contributed by atoms with Gasteiger partial charge in [-0.15, -0.1) is 0 Å². The van der Waals surface area contributed by atoms with Crippen LogP contribution in [0.1, 0.15) is 43.7 Å². The van der Waals surface area contributed by atoms with Gasteiger partial charge in [-0.1, -0.05) is 18.6 Å². The fourth-order valence-corrected chi connectivity index (χ4v) is 4.00. The zero-order chi connectivity index (χ0) is 17.6. The predicted molar refractivity (Wildman–Crippen MR) is 103 cm³/mol. The first-order chi connectivity index (χ1) is 12.2. The second kappa shape index (κ2) is 8.56. The Hall–Kier alpha value is -1.75. The third-order valence-electron chi connectivity index (χ3n) is 5.75. The van der Waals surface area contributed by atoms with Crippen LogP contribution in [0.3, 0.4) is 0 Å². The number of nitrogens with one attached hydrogen (secondary N) is 1. The maximum absolute atomic E-state index is 6.08. The average molecular weight is 345 g/mol. The molecule has 2 atom stereocenters. The van der Waals surface area contributed by atoms with Gasteiger partial charge in [-0.25, -0.2) is 0 Å². The Kier molecular flexibility index (Phi) is 6.19. The van der Waals surface area contributed by atoms with Gasteiger partial charge in [-0.2, -0.15) is 0 Å². The smallest absolute Gasteiger partial charge is 0.188 e. The molecule has 0 aromatic heterocycles. The predicted octanol–water partition coefficient (Wildman–Crippen LogP) is 2.78. The molecule has 1 heterocycles. The number of ether oxygens (including phenoxy) is 1. The van der Waals surface area contributed by atoms with Crippen LogP contribution < -0.4 is 15.8 Å². The average Bonchev–Trinajstić information content (AvgIpc) is 2.59. The van der Waals surface area contributed by atoms with E-state index in [-0.39, 0.29) is 0 Å². The Balaban J connectivity index is 1.60. The van der Waals surface area contributed by atoms with E-state index in [4.69, 9.17) is 10.5 Å². The third-order valence-corrected chi connectivity index (χ3v) is 5.75. The monoisotopic (exact) mass is 344 g/mol. The number of methoxy groups -OCH3 is 1. The van der Waals surface area contributed by atoms with Gasteiger partial charge in [-0.05, 0) is 68.8 Å². The molecule has 2 fully saturated rings. The van der Waals surface area contributed by atoms with Crippen LogP contribution in [-0.4, -0.2) is 44.7 Å². The van der Waals surface area contributed by atoms with Crippen LogP contribution in [0.4, 0.5) is 0 Å². The van der Waals surface area contributed by atoms with Gasteiger partial charge in [0.15, 0.2) is 5.96 Å². The van der Waals surface area contributed by atoms with Gasteiger partial charge in [0.1, 0.15) is 5.75 Å². The van der Waals surface area contributed by atoms with Crippen molar-refractivity contribution >= 4 is 5.96 Å². The molecule has 2 aliphatic rings. The minimum absolute atomic E-state index is 0.409. The molecule has 5 nitrogen and oxygen atoms in total. The minimum atomic E-state index is 0.409. The van der Waals surface area contributed by atoms with Crippen LogP contribution in [-0.2, 0) is 0 Å². The van der Waals surface area contributed by atoms with Crippen LogP contribution in [0.2, 0.25) is 0 Å². The molecule has 0 bridgehead atoms. The Bertz CT molecular complexity index is 568. The van der Waals surface area contributed by atoms with Crippen molar-refractivity contribution in [1.29, 1.82) is 0 Å². The maximum Gasteiger partial charge on any atom is 0.188 e. The van der Waals surface area contributed by atoms with Crippen molar-refractivity contribution in [3.63, 3.8) is 0 Å². The zero-order valence-corrected chi connectivity index (χ0v) is 15.6. The van der Waals surface area contributed by atoms with Crippen molar-refractivity contribution in [3.05, 3.63) is 29.8 Å². The number of likely N-dealkylation sites (tertiary alicyclic amines) is 1. The molecule has 5 heteroatoms. The second-order valence-electron chi connectivity index (χ2n) is 7.50. The maximum atomic E-state index is 6.08. The molecule has 3 N–H and O–H groups in total. The number of benzene rings is 1. The molecule has 1 saturated carbocycles. The molecule has 138 valence electrons. The highest BCUT2D eigenvalue weighted by Crippen LogP contribution is 2.35. The number of piperidine rings is 1. The van der Waals surface area contributed by atoms with Crippen molar-refractivity contribution in [2.45, 2.75) is 38.1 Å². The van der Waals surface area contributed by atoms with Gasteiger partial charge in [0, 0.05) is 19.1 Å². The summed E-state index contributed by atoms with van der Waals surface area (Å²) >= 11 is 0. The molecule has 1 saturated heterocycles. The second-order valence-corrected chi connectivity index (χ2v) is 7.50. The van der Waals surface area contributed by atoms with Gasteiger partial charge in [-0.3, -0.25) is 9.89 Å². The SMILES string of the molecule is COc1ccc(C2C(CNC(N)=NCC3CCC3)CCCN2C)cc1. The van der Waals surface area contributed by atoms with Crippen LogP contribution >= 0.6 is 0 Å². The molecular formula is C20H32N4O. The van der Waals surface area contributed by atoms with E-state index in [2.05, 4.69) is 46.5 Å². The standard InChI is InChI=1S/C20H32N4O/c1-24-12-4-7-17(14-23-20(21)22-13-15-5-3-6-15)19(24)16-8-10-18(25-2)11-9-16/h8-11,15,17,19H,3-7,12-14H2,1-2H3,(H3,21,22,23). The largest absolute Gasteiger partial charge is 0.497 e. The molecule has 3 rings (SSSR count). The number of nitrogens with zero attached hydrogens (tertiary/aromatic N) is 2. The first kappa shape index (κ1) is 18.1. The molecule has 0 spiro atoms. The quantitative estimate of drug-likeness (QED) is 0.615. The molecule has 1 aliphatic carbocycles. The summed E-state index contributed by atoms with van der Waals surface area (Å²) in [5, 5.41) is 3.38. The molecule has 2 unspecified atom stereocenters. The number of rotatable bonds is 6. The normalized spacial score (nSPS) is 25.4. The van der Waals surface area contributed by atoms with Gasteiger partial charge in [0.25, 0.3) is 0 Å². The lowest BCUT2D eigenvalue weighted by Gasteiger charge is -2.39. The summed E-state index contributed by atoms with van der Waals surface area (Å²) in [6.07, 6.45) is 6.41. The van der Waals surface area contributed by atoms with Crippen molar-refractivity contribution in [2.75, 3.05) is 33.8 Å². The number of nitrogens with two attached hydrogens (primary N) is 1. The van der Waals surface area contributed by atoms with Gasteiger partial charge >= 0.3 is 0 Å². The highest BCUT2D eigenvalue weighted by atomic mass is 16.5. The topological polar surface area (TPSA) is 62.9 Å². The van der Waals surface area contributed by atoms with Crippen molar-refractivity contribution in [3.8, 4) is 5.75 Å². The summed E-state index contributed by atoms with van der Waals surface area (Å²) in [6.45, 7) is 2.89. The van der Waals surface area contributed by atoms with Crippen LogP contribution in [0, 0.1) is 11.8 Å². The highest BCUT2D eigenvalue weighted by molar-refractivity contribution is 5.77. The van der Waals surface area contributed by atoms with Gasteiger partial charge < -0.3 is 15.8 Å². The highest BCUT2D eigenvalue weighted by Gasteiger charge is 2.30. The summed E-state index contributed by atoms with van der Waals surface area (Å²) in [5.41, 5.74) is 7.43. The minimum Gasteiger partial charge on any atom is -0.497 e. The lowest BCUT2D eigenvalue weighted by Crippen LogP contribution is -2.43. The molecule has 25 heavy (non-hydrogen) atoms. The van der Waals surface area contributed by atoms with E-state index in [0.717, 1.165) is 31.3 Å². The lowest BCUT2D eigenvalue weighted by molar-refractivity contribution is 0.122. The Labute approximate surface area is 151 Å². The molecular weight excluding hydrogens is 312 g/mol. The Morgan fingerprint density at radius 3 is 2.64 bits per heavy atom. The fourth-order valence-electron chi connectivity index (χ4n) is 4.00. The Morgan fingerprint density at radius 1 is 1.24 bits per heavy atom. The van der Waals surface area contributed by atoms with Crippen LogP contribution in [0.5, 0.6) is 5.75 Å². The van der Waals surface area contributed by atoms with E-state index in [1.165, 1.54) is 37.7 Å². The molecule has 0 amide bonds. The van der Waals surface area contributed by atoms with E-state index in [1.807, 2.05) is 0 Å². The lowest BCUT2D eigenvalue weighted by atomic mass is 9.85. The molecule has 1 aromatic carbocycles. The van der Waals surface area contributed by atoms with Gasteiger partial charge in [0.2, 0.25) is 0 Å². The van der Waals surface area contributed by atoms with Crippen molar-refractivity contribution in [2.24, 2.45) is 22.6 Å². The summed E-state index contributed by atoms with van der Waals surface area (Å²) in [7, 11) is 3.93. The number of hydrogen-bond donors (Lipinski definition) is 2. The fraction of sp³-hybridized carbons (Fsp3) is 0.650. The summed E-state index contributed by atoms with van der Waals surface area (Å²) < 4.78 is 5.29. The number of hydrogen-bond acceptors (Lipinski definition) is 3. The molecule has 0 radical (unpaired) electrons. The van der Waals surface area contributed by atoms with E-state index in [0.29, 0.717) is 17.9 Å². The summed E-state index contributed by atoms with van der Waals surface area (Å²) in [4.78, 5) is 6.98. The Morgan fingerprint density at radius 2 is 2.00 bits per heavy atom. The van der Waals surface area contributed by atoms with Crippen molar-refractivity contribution in [1.82, 2.24) is 10.2 Å². The van der Waals surface area contributed by atoms with Crippen LogP contribution in [0.15, 0.2) is 29.3 Å². The molecule has 1 aromatic rings. The summed E-state index contributed by atoms with van der Waals surface area (Å²) in [5.74, 6) is 2.80. The van der Waals surface area contributed by atoms with E-state index in [1.54, 1.807) is 7.11 Å². The van der Waals surface area contributed by atoms with E-state index < -0.39 is 0 Å². The zero-order valence-electron chi connectivity index (χ0n) is 15.6. The summed E-state index contributed by atoms with van der Waals surface area (Å²) in [6, 6.07) is 8.89. The van der Waals surface area contributed by atoms with Gasteiger partial charge in [0.05, 0.1) is 7.11 Å². The van der Waals surface area contributed by atoms with E-state index >= 15 is 0 Å². The molecule has 1 aliphatic heterocycles. The van der Waals surface area contributed by atoms with Crippen molar-refractivity contribution < 1.29 is 4.74 Å². The number of aliphatic imine (C=N–C) groups is 1. The van der Waals surface area contributed by atoms with Crippen LogP contribution in [0.25, 0.3) is 0 Å².